The molecule has 0 amide bonds. The van der Waals surface area contributed by atoms with E-state index in [0.717, 1.165) is 0 Å². The minimum Gasteiger partial charge on any atom is -0.402 e. The van der Waals surface area contributed by atoms with Gasteiger partial charge < -0.3 is 9.31 Å². The Morgan fingerprint density at radius 3 is 2.63 bits per heavy atom. The highest BCUT2D eigenvalue weighted by atomic mass is 35.5. The molecule has 1 aliphatic rings. The van der Waals surface area contributed by atoms with Crippen molar-refractivity contribution in [1.82, 2.24) is 0 Å². The minimum atomic E-state index is -0.677. The van der Waals surface area contributed by atoms with Crippen LogP contribution in [0.3, 0.4) is 0 Å². The van der Waals surface area contributed by atoms with Crippen LogP contribution in [0.1, 0.15) is 31.9 Å². The number of halogens is 2. The summed E-state index contributed by atoms with van der Waals surface area (Å²) < 4.78 is 25.2. The van der Waals surface area contributed by atoms with Gasteiger partial charge in [0.2, 0.25) is 0 Å². The summed E-state index contributed by atoms with van der Waals surface area (Å²) >= 11 is 5.78. The number of benzene rings is 1. The third kappa shape index (κ3) is 2.36. The lowest BCUT2D eigenvalue weighted by Crippen LogP contribution is -2.37. The average Bonchev–Trinajstić information content (AvgIpc) is 2.59. The number of nitriles is 1. The molecule has 0 aliphatic carbocycles. The van der Waals surface area contributed by atoms with E-state index in [0.29, 0.717) is 11.0 Å². The molecule has 1 fully saturated rings. The smallest absolute Gasteiger partial charge is 0.402 e. The van der Waals surface area contributed by atoms with Crippen LogP contribution in [0, 0.1) is 24.1 Å². The molecule has 3 nitrogen and oxygen atoms in total. The van der Waals surface area contributed by atoms with Crippen molar-refractivity contribution in [3.05, 3.63) is 28.0 Å². The van der Waals surface area contributed by atoms with Crippen molar-refractivity contribution in [3.8, 4) is 6.07 Å². The largest absolute Gasteiger partial charge is 0.495 e. The predicted molar refractivity (Wildman–Crippen MR) is 72.0 cm³/mol. The fourth-order valence-electron chi connectivity index (χ4n) is 2.00. The first kappa shape index (κ1) is 14.3. The zero-order chi connectivity index (χ0) is 14.4. The molecule has 1 aliphatic heterocycles. The topological polar surface area (TPSA) is 42.2 Å². The van der Waals surface area contributed by atoms with Crippen molar-refractivity contribution in [2.75, 3.05) is 0 Å². The molecule has 6 heteroatoms. The quantitative estimate of drug-likeness (QED) is 0.743. The molecule has 1 aromatic carbocycles. The predicted octanol–water partition coefficient (Wildman–Crippen LogP) is 2.57. The fraction of sp³-hybridized carbons (Fsp3) is 0.462. The van der Waals surface area contributed by atoms with Crippen LogP contribution >= 0.6 is 11.6 Å². The van der Waals surface area contributed by atoms with Gasteiger partial charge in [0, 0.05) is 0 Å². The van der Waals surface area contributed by atoms with Crippen LogP contribution in [-0.4, -0.2) is 18.8 Å². The molecule has 1 aromatic rings. The molecule has 0 aromatic heterocycles. The normalized spacial score (nSPS) is 21.5. The van der Waals surface area contributed by atoms with Crippen LogP contribution in [0.5, 0.6) is 0 Å². The van der Waals surface area contributed by atoms with Crippen LogP contribution < -0.4 is 5.46 Å². The van der Waals surface area contributed by atoms with E-state index < -0.39 is 18.5 Å². The standard InChI is InChI=1S/C13H14BClFNO2/c1-7-9(6-17)12(15)11(16)5-10(7)14-18-8(2)13(3,4)19-14/h5,8H,1-4H3. The van der Waals surface area contributed by atoms with Crippen molar-refractivity contribution in [2.45, 2.75) is 39.4 Å². The van der Waals surface area contributed by atoms with Crippen molar-refractivity contribution >= 4 is 24.2 Å². The molecule has 1 atom stereocenters. The Hall–Kier alpha value is -1.09. The molecule has 19 heavy (non-hydrogen) atoms. The highest BCUT2D eigenvalue weighted by Gasteiger charge is 2.45. The third-order valence-electron chi connectivity index (χ3n) is 3.60. The summed E-state index contributed by atoms with van der Waals surface area (Å²) in [5, 5.41) is 8.90. The van der Waals surface area contributed by atoms with Crippen LogP contribution in [0.4, 0.5) is 4.39 Å². The number of nitrogens with zero attached hydrogens (tertiary/aromatic N) is 1. The lowest BCUT2D eigenvalue weighted by atomic mass is 9.75. The molecular formula is C13H14BClFNO2. The summed E-state index contributed by atoms with van der Waals surface area (Å²) in [6.07, 6.45) is -0.124. The Morgan fingerprint density at radius 2 is 2.16 bits per heavy atom. The van der Waals surface area contributed by atoms with Crippen LogP contribution in [0.15, 0.2) is 6.07 Å². The first-order valence-electron chi connectivity index (χ1n) is 5.99. The summed E-state index contributed by atoms with van der Waals surface area (Å²) in [7, 11) is -0.677. The maximum atomic E-state index is 13.8. The van der Waals surface area contributed by atoms with Crippen LogP contribution in [0.2, 0.25) is 5.02 Å². The number of rotatable bonds is 1. The van der Waals surface area contributed by atoms with Gasteiger partial charge in [-0.25, -0.2) is 4.39 Å². The van der Waals surface area contributed by atoms with Crippen molar-refractivity contribution in [2.24, 2.45) is 0 Å². The van der Waals surface area contributed by atoms with Gasteiger partial charge in [-0.3, -0.25) is 0 Å². The van der Waals surface area contributed by atoms with Gasteiger partial charge in [-0.2, -0.15) is 5.26 Å². The fourth-order valence-corrected chi connectivity index (χ4v) is 2.24. The Labute approximate surface area is 117 Å². The van der Waals surface area contributed by atoms with Crippen molar-refractivity contribution in [3.63, 3.8) is 0 Å². The lowest BCUT2D eigenvalue weighted by Gasteiger charge is -2.21. The molecule has 1 heterocycles. The minimum absolute atomic E-state index is 0.124. The molecule has 1 saturated heterocycles. The zero-order valence-electron chi connectivity index (χ0n) is 11.3. The first-order valence-corrected chi connectivity index (χ1v) is 6.37. The molecule has 0 radical (unpaired) electrons. The van der Waals surface area contributed by atoms with E-state index >= 15 is 0 Å². The van der Waals surface area contributed by atoms with Crippen LogP contribution in [0.25, 0.3) is 0 Å². The van der Waals surface area contributed by atoms with E-state index in [4.69, 9.17) is 26.2 Å². The summed E-state index contributed by atoms with van der Waals surface area (Å²) in [6, 6.07) is 3.19. The lowest BCUT2D eigenvalue weighted by molar-refractivity contribution is 0.0842. The van der Waals surface area contributed by atoms with Crippen molar-refractivity contribution < 1.29 is 13.7 Å². The van der Waals surface area contributed by atoms with Crippen molar-refractivity contribution in [1.29, 1.82) is 5.26 Å². The molecule has 2 rings (SSSR count). The summed E-state index contributed by atoms with van der Waals surface area (Å²) in [6.45, 7) is 7.42. The molecule has 0 spiro atoms. The van der Waals surface area contributed by atoms with Gasteiger partial charge in [-0.1, -0.05) is 11.6 Å². The van der Waals surface area contributed by atoms with E-state index in [1.807, 2.05) is 26.8 Å². The molecule has 100 valence electrons. The van der Waals surface area contributed by atoms with Gasteiger partial charge in [0.25, 0.3) is 0 Å². The Morgan fingerprint density at radius 1 is 1.53 bits per heavy atom. The average molecular weight is 282 g/mol. The number of hydrogen-bond donors (Lipinski definition) is 0. The third-order valence-corrected chi connectivity index (χ3v) is 3.97. The van der Waals surface area contributed by atoms with E-state index in [2.05, 4.69) is 0 Å². The monoisotopic (exact) mass is 281 g/mol. The van der Waals surface area contributed by atoms with E-state index in [1.165, 1.54) is 6.07 Å². The molecule has 1 unspecified atom stereocenters. The Kier molecular flexibility index (Phi) is 3.61. The van der Waals surface area contributed by atoms with E-state index in [9.17, 15) is 4.39 Å². The maximum Gasteiger partial charge on any atom is 0.495 e. The Bertz CT molecular complexity index is 571. The molecule has 0 saturated carbocycles. The van der Waals surface area contributed by atoms with Gasteiger partial charge in [0.1, 0.15) is 11.9 Å². The molecule has 0 bridgehead atoms. The van der Waals surface area contributed by atoms with Gasteiger partial charge in [0.15, 0.2) is 0 Å². The maximum absolute atomic E-state index is 13.8. The van der Waals surface area contributed by atoms with Crippen LogP contribution in [-0.2, 0) is 9.31 Å². The molecular weight excluding hydrogens is 267 g/mol. The summed E-state index contributed by atoms with van der Waals surface area (Å²) in [4.78, 5) is 0. The van der Waals surface area contributed by atoms with Gasteiger partial charge in [-0.15, -0.1) is 0 Å². The second-order valence-corrected chi connectivity index (χ2v) is 5.58. The SMILES string of the molecule is Cc1c(B2OC(C)C(C)(C)O2)cc(F)c(Cl)c1C#N. The van der Waals surface area contributed by atoms with Gasteiger partial charge in [-0.05, 0) is 44.8 Å². The van der Waals surface area contributed by atoms with E-state index in [-0.39, 0.29) is 16.7 Å². The zero-order valence-corrected chi connectivity index (χ0v) is 12.0. The highest BCUT2D eigenvalue weighted by Crippen LogP contribution is 2.29. The highest BCUT2D eigenvalue weighted by molar-refractivity contribution is 6.62. The van der Waals surface area contributed by atoms with Gasteiger partial charge >= 0.3 is 7.12 Å². The second kappa shape index (κ2) is 4.79. The molecule has 0 N–H and O–H groups in total. The van der Waals surface area contributed by atoms with E-state index in [1.54, 1.807) is 6.92 Å². The summed E-state index contributed by atoms with van der Waals surface area (Å²) in [5.41, 5.74) is 0.765. The first-order chi connectivity index (χ1) is 8.77. The number of hydrogen-bond acceptors (Lipinski definition) is 3. The van der Waals surface area contributed by atoms with Gasteiger partial charge in [0.05, 0.1) is 22.3 Å². The Balaban J connectivity index is 2.49. The second-order valence-electron chi connectivity index (χ2n) is 5.20. The summed E-state index contributed by atoms with van der Waals surface area (Å²) in [5.74, 6) is -0.636.